The third-order valence-corrected chi connectivity index (χ3v) is 3.44. The first-order chi connectivity index (χ1) is 8.60. The zero-order chi connectivity index (χ0) is 13.1. The molecule has 0 bridgehead atoms. The van der Waals surface area contributed by atoms with Gasteiger partial charge in [-0.25, -0.2) is 9.97 Å². The first kappa shape index (κ1) is 13.2. The van der Waals surface area contributed by atoms with Crippen molar-refractivity contribution in [3.63, 3.8) is 0 Å². The Labute approximate surface area is 111 Å². The molecule has 1 heterocycles. The second-order valence-electron chi connectivity index (χ2n) is 4.62. The standard InChI is InChI=1S/C12H16ClN3O2/c1-7-5-10(16-12(13)14-7)11(18)15-9-4-2-3-8(9)6-17/h5,8-9,17H,2-4,6H2,1H3,(H,15,18). The van der Waals surface area contributed by atoms with E-state index in [1.807, 2.05) is 0 Å². The van der Waals surface area contributed by atoms with Crippen LogP contribution < -0.4 is 5.32 Å². The maximum absolute atomic E-state index is 12.0. The summed E-state index contributed by atoms with van der Waals surface area (Å²) in [5.41, 5.74) is 0.932. The first-order valence-corrected chi connectivity index (χ1v) is 6.41. The van der Waals surface area contributed by atoms with Gasteiger partial charge < -0.3 is 10.4 Å². The van der Waals surface area contributed by atoms with Crippen molar-refractivity contribution in [3.8, 4) is 0 Å². The molecular weight excluding hydrogens is 254 g/mol. The average Bonchev–Trinajstić information content (AvgIpc) is 2.75. The molecule has 0 radical (unpaired) electrons. The minimum atomic E-state index is -0.257. The van der Waals surface area contributed by atoms with Gasteiger partial charge in [0.25, 0.3) is 5.91 Å². The van der Waals surface area contributed by atoms with Crippen LogP contribution in [0, 0.1) is 12.8 Å². The van der Waals surface area contributed by atoms with E-state index in [1.54, 1.807) is 13.0 Å². The molecule has 0 aromatic carbocycles. The Bertz CT molecular complexity index is 433. The van der Waals surface area contributed by atoms with E-state index in [2.05, 4.69) is 15.3 Å². The Kier molecular flexibility index (Phi) is 4.14. The molecule has 0 saturated heterocycles. The van der Waals surface area contributed by atoms with Gasteiger partial charge in [-0.1, -0.05) is 6.42 Å². The summed E-state index contributed by atoms with van der Waals surface area (Å²) in [6.07, 6.45) is 2.87. The Morgan fingerprint density at radius 2 is 2.33 bits per heavy atom. The second-order valence-corrected chi connectivity index (χ2v) is 4.96. The molecule has 2 unspecified atom stereocenters. The largest absolute Gasteiger partial charge is 0.396 e. The van der Waals surface area contributed by atoms with E-state index in [9.17, 15) is 9.90 Å². The lowest BCUT2D eigenvalue weighted by Gasteiger charge is -2.18. The highest BCUT2D eigenvalue weighted by Gasteiger charge is 2.28. The van der Waals surface area contributed by atoms with Crippen LogP contribution in [-0.2, 0) is 0 Å². The molecule has 1 aliphatic carbocycles. The van der Waals surface area contributed by atoms with Crippen LogP contribution in [0.4, 0.5) is 0 Å². The predicted octanol–water partition coefficient (Wildman–Crippen LogP) is 1.33. The highest BCUT2D eigenvalue weighted by atomic mass is 35.5. The summed E-state index contributed by atoms with van der Waals surface area (Å²) >= 11 is 5.72. The minimum Gasteiger partial charge on any atom is -0.396 e. The third kappa shape index (κ3) is 2.97. The van der Waals surface area contributed by atoms with Crippen molar-refractivity contribution in [1.29, 1.82) is 0 Å². The fourth-order valence-corrected chi connectivity index (χ4v) is 2.56. The van der Waals surface area contributed by atoms with Crippen molar-refractivity contribution >= 4 is 17.5 Å². The van der Waals surface area contributed by atoms with Gasteiger partial charge >= 0.3 is 0 Å². The maximum atomic E-state index is 12.0. The van der Waals surface area contributed by atoms with Crippen molar-refractivity contribution < 1.29 is 9.90 Å². The molecule has 2 rings (SSSR count). The van der Waals surface area contributed by atoms with Gasteiger partial charge in [-0.2, -0.15) is 0 Å². The number of halogens is 1. The lowest BCUT2D eigenvalue weighted by atomic mass is 10.1. The summed E-state index contributed by atoms with van der Waals surface area (Å²) < 4.78 is 0. The van der Waals surface area contributed by atoms with Crippen molar-refractivity contribution in [3.05, 3.63) is 22.7 Å². The van der Waals surface area contributed by atoms with Crippen LogP contribution in [0.15, 0.2) is 6.07 Å². The molecule has 1 amide bonds. The number of nitrogens with one attached hydrogen (secondary N) is 1. The molecule has 6 heteroatoms. The zero-order valence-electron chi connectivity index (χ0n) is 10.2. The number of carbonyl (C=O) groups excluding carboxylic acids is 1. The van der Waals surface area contributed by atoms with E-state index in [0.717, 1.165) is 19.3 Å². The van der Waals surface area contributed by atoms with Crippen LogP contribution in [0.25, 0.3) is 0 Å². The number of hydrogen-bond acceptors (Lipinski definition) is 4. The number of aliphatic hydroxyl groups is 1. The van der Waals surface area contributed by atoms with Crippen LogP contribution in [0.3, 0.4) is 0 Å². The molecular formula is C12H16ClN3O2. The molecule has 18 heavy (non-hydrogen) atoms. The average molecular weight is 270 g/mol. The van der Waals surface area contributed by atoms with Gasteiger partial charge in [-0.3, -0.25) is 4.79 Å². The molecule has 0 aliphatic heterocycles. The number of amides is 1. The molecule has 1 fully saturated rings. The zero-order valence-corrected chi connectivity index (χ0v) is 10.9. The topological polar surface area (TPSA) is 75.1 Å². The molecule has 1 aromatic heterocycles. The van der Waals surface area contributed by atoms with Gasteiger partial charge in [0.2, 0.25) is 5.28 Å². The summed E-state index contributed by atoms with van der Waals surface area (Å²) in [5.74, 6) is -0.111. The van der Waals surface area contributed by atoms with Crippen LogP contribution in [0.2, 0.25) is 5.28 Å². The molecule has 5 nitrogen and oxygen atoms in total. The lowest BCUT2D eigenvalue weighted by Crippen LogP contribution is -2.39. The Hall–Kier alpha value is -1.20. The van der Waals surface area contributed by atoms with Crippen molar-refractivity contribution in [2.75, 3.05) is 6.61 Å². The van der Waals surface area contributed by atoms with Crippen LogP contribution in [0.1, 0.15) is 35.4 Å². The lowest BCUT2D eigenvalue weighted by molar-refractivity contribution is 0.0910. The number of nitrogens with zero attached hydrogens (tertiary/aromatic N) is 2. The Morgan fingerprint density at radius 1 is 1.56 bits per heavy atom. The maximum Gasteiger partial charge on any atom is 0.270 e. The number of aromatic nitrogens is 2. The second kappa shape index (κ2) is 5.63. The van der Waals surface area contributed by atoms with Crippen molar-refractivity contribution in [2.45, 2.75) is 32.2 Å². The molecule has 0 spiro atoms. The number of carbonyl (C=O) groups is 1. The predicted molar refractivity (Wildman–Crippen MR) is 67.5 cm³/mol. The summed E-state index contributed by atoms with van der Waals surface area (Å²) in [4.78, 5) is 19.8. The van der Waals surface area contributed by atoms with E-state index < -0.39 is 0 Å². The Balaban J connectivity index is 2.07. The van der Waals surface area contributed by atoms with E-state index in [-0.39, 0.29) is 35.5 Å². The number of hydrogen-bond donors (Lipinski definition) is 2. The molecule has 1 aromatic rings. The molecule has 2 N–H and O–H groups in total. The highest BCUT2D eigenvalue weighted by Crippen LogP contribution is 2.25. The first-order valence-electron chi connectivity index (χ1n) is 6.03. The van der Waals surface area contributed by atoms with Gasteiger partial charge in [0.1, 0.15) is 5.69 Å². The molecule has 2 atom stereocenters. The monoisotopic (exact) mass is 269 g/mol. The highest BCUT2D eigenvalue weighted by molar-refractivity contribution is 6.28. The summed E-state index contributed by atoms with van der Waals surface area (Å²) in [6.45, 7) is 1.87. The molecule has 98 valence electrons. The van der Waals surface area contributed by atoms with E-state index in [4.69, 9.17) is 11.6 Å². The number of rotatable bonds is 3. The van der Waals surface area contributed by atoms with Gasteiger partial charge in [-0.05, 0) is 37.4 Å². The van der Waals surface area contributed by atoms with Crippen LogP contribution in [-0.4, -0.2) is 33.6 Å². The smallest absolute Gasteiger partial charge is 0.270 e. The summed E-state index contributed by atoms with van der Waals surface area (Å²) in [5, 5.41) is 12.2. The third-order valence-electron chi connectivity index (χ3n) is 3.27. The van der Waals surface area contributed by atoms with Gasteiger partial charge in [0, 0.05) is 24.3 Å². The van der Waals surface area contributed by atoms with Gasteiger partial charge in [0.15, 0.2) is 0 Å². The van der Waals surface area contributed by atoms with E-state index >= 15 is 0 Å². The number of aliphatic hydroxyl groups excluding tert-OH is 1. The summed E-state index contributed by atoms with van der Waals surface area (Å²) in [7, 11) is 0. The SMILES string of the molecule is Cc1cc(C(=O)NC2CCCC2CO)nc(Cl)n1. The molecule has 1 aliphatic rings. The van der Waals surface area contributed by atoms with Crippen LogP contribution >= 0.6 is 11.6 Å². The van der Waals surface area contributed by atoms with E-state index in [0.29, 0.717) is 5.69 Å². The number of aryl methyl sites for hydroxylation is 1. The van der Waals surface area contributed by atoms with Crippen LogP contribution in [0.5, 0.6) is 0 Å². The van der Waals surface area contributed by atoms with Crippen molar-refractivity contribution in [2.24, 2.45) is 5.92 Å². The molecule has 1 saturated carbocycles. The minimum absolute atomic E-state index is 0.0246. The Morgan fingerprint density at radius 3 is 3.00 bits per heavy atom. The normalized spacial score (nSPS) is 23.1. The van der Waals surface area contributed by atoms with Crippen molar-refractivity contribution in [1.82, 2.24) is 15.3 Å². The fourth-order valence-electron chi connectivity index (χ4n) is 2.34. The quantitative estimate of drug-likeness (QED) is 0.812. The summed E-state index contributed by atoms with van der Waals surface area (Å²) in [6, 6.07) is 1.63. The van der Waals surface area contributed by atoms with Gasteiger partial charge in [0.05, 0.1) is 0 Å². The fraction of sp³-hybridized carbons (Fsp3) is 0.583. The van der Waals surface area contributed by atoms with E-state index in [1.165, 1.54) is 0 Å². The van der Waals surface area contributed by atoms with Gasteiger partial charge in [-0.15, -0.1) is 0 Å².